The SMILES string of the molecule is CN=C(NCCc1ccc(NC(=O)OC(C)(C)C)cc1)NCC(=O)Nc1cccc(F)c1.I. The van der Waals surface area contributed by atoms with Crippen molar-refractivity contribution in [2.45, 2.75) is 32.8 Å². The number of nitrogens with one attached hydrogen (secondary N) is 4. The third-order valence-electron chi connectivity index (χ3n) is 4.05. The van der Waals surface area contributed by atoms with Crippen LogP contribution in [-0.4, -0.2) is 43.7 Å². The number of carbonyl (C=O) groups is 2. The van der Waals surface area contributed by atoms with Crippen LogP contribution < -0.4 is 21.3 Å². The van der Waals surface area contributed by atoms with Crippen LogP contribution in [0.4, 0.5) is 20.6 Å². The topological polar surface area (TPSA) is 104 Å². The zero-order chi connectivity index (χ0) is 23.6. The van der Waals surface area contributed by atoms with Crippen LogP contribution in [0.3, 0.4) is 0 Å². The quantitative estimate of drug-likeness (QED) is 0.227. The molecular formula is C23H31FIN5O3. The number of hydrogen-bond donors (Lipinski definition) is 4. The molecule has 0 saturated heterocycles. The van der Waals surface area contributed by atoms with Crippen molar-refractivity contribution in [3.63, 3.8) is 0 Å². The van der Waals surface area contributed by atoms with Crippen LogP contribution in [0.25, 0.3) is 0 Å². The molecule has 0 aromatic heterocycles. The average Bonchev–Trinajstić information content (AvgIpc) is 2.70. The number of amides is 2. The summed E-state index contributed by atoms with van der Waals surface area (Å²) < 4.78 is 18.4. The molecule has 0 aliphatic carbocycles. The van der Waals surface area contributed by atoms with Crippen molar-refractivity contribution in [1.82, 2.24) is 10.6 Å². The van der Waals surface area contributed by atoms with Gasteiger partial charge in [0.25, 0.3) is 0 Å². The van der Waals surface area contributed by atoms with Crippen molar-refractivity contribution in [3.05, 3.63) is 59.9 Å². The highest BCUT2D eigenvalue weighted by atomic mass is 127. The summed E-state index contributed by atoms with van der Waals surface area (Å²) in [5.41, 5.74) is 1.55. The molecule has 2 rings (SSSR count). The summed E-state index contributed by atoms with van der Waals surface area (Å²) in [5, 5.41) is 11.3. The normalized spacial score (nSPS) is 11.1. The van der Waals surface area contributed by atoms with Gasteiger partial charge in [0, 0.05) is 25.0 Å². The van der Waals surface area contributed by atoms with Gasteiger partial charge in [-0.15, -0.1) is 24.0 Å². The summed E-state index contributed by atoms with van der Waals surface area (Å²) >= 11 is 0. The van der Waals surface area contributed by atoms with Crippen LogP contribution in [0.15, 0.2) is 53.5 Å². The van der Waals surface area contributed by atoms with Crippen molar-refractivity contribution in [2.24, 2.45) is 4.99 Å². The van der Waals surface area contributed by atoms with E-state index >= 15 is 0 Å². The average molecular weight is 571 g/mol. The highest BCUT2D eigenvalue weighted by Crippen LogP contribution is 2.13. The van der Waals surface area contributed by atoms with E-state index in [4.69, 9.17) is 4.74 Å². The summed E-state index contributed by atoms with van der Waals surface area (Å²) in [4.78, 5) is 27.9. The smallest absolute Gasteiger partial charge is 0.412 e. The lowest BCUT2D eigenvalue weighted by Gasteiger charge is -2.19. The van der Waals surface area contributed by atoms with Gasteiger partial charge in [0.2, 0.25) is 5.91 Å². The lowest BCUT2D eigenvalue weighted by Crippen LogP contribution is -2.42. The van der Waals surface area contributed by atoms with Crippen LogP contribution in [0, 0.1) is 5.82 Å². The Morgan fingerprint density at radius 3 is 2.30 bits per heavy atom. The predicted octanol–water partition coefficient (Wildman–Crippen LogP) is 4.14. The first-order valence-electron chi connectivity index (χ1n) is 10.2. The number of benzene rings is 2. The van der Waals surface area contributed by atoms with Crippen molar-refractivity contribution in [2.75, 3.05) is 30.8 Å². The van der Waals surface area contributed by atoms with Gasteiger partial charge in [0.15, 0.2) is 5.96 Å². The molecule has 0 saturated carbocycles. The van der Waals surface area contributed by atoms with E-state index in [-0.39, 0.29) is 36.4 Å². The zero-order valence-electron chi connectivity index (χ0n) is 19.2. The molecule has 180 valence electrons. The first-order valence-corrected chi connectivity index (χ1v) is 10.2. The number of guanidine groups is 1. The molecule has 0 heterocycles. The standard InChI is InChI=1S/C23H30FN5O3.HI/c1-23(2,3)32-22(31)29-18-10-8-16(9-11-18)12-13-26-21(25-4)27-15-20(30)28-19-7-5-6-17(24)14-19;/h5-11,14H,12-13,15H2,1-4H3,(H,28,30)(H,29,31)(H2,25,26,27);1H. The minimum absolute atomic E-state index is 0. The molecule has 0 aliphatic rings. The highest BCUT2D eigenvalue weighted by Gasteiger charge is 2.16. The fourth-order valence-electron chi connectivity index (χ4n) is 2.66. The van der Waals surface area contributed by atoms with Gasteiger partial charge in [-0.25, -0.2) is 9.18 Å². The van der Waals surface area contributed by atoms with Gasteiger partial charge in [0.1, 0.15) is 11.4 Å². The number of nitrogens with zero attached hydrogens (tertiary/aromatic N) is 1. The second-order valence-electron chi connectivity index (χ2n) is 7.98. The molecule has 2 aromatic rings. The summed E-state index contributed by atoms with van der Waals surface area (Å²) in [5.74, 6) is -0.254. The third-order valence-corrected chi connectivity index (χ3v) is 4.05. The van der Waals surface area contributed by atoms with Crippen molar-refractivity contribution < 1.29 is 18.7 Å². The maximum atomic E-state index is 13.2. The fourth-order valence-corrected chi connectivity index (χ4v) is 2.66. The molecular weight excluding hydrogens is 540 g/mol. The van der Waals surface area contributed by atoms with Gasteiger partial charge < -0.3 is 20.7 Å². The number of rotatable bonds is 7. The van der Waals surface area contributed by atoms with Gasteiger partial charge >= 0.3 is 6.09 Å². The van der Waals surface area contributed by atoms with Crippen molar-refractivity contribution >= 4 is 53.3 Å². The molecule has 0 atom stereocenters. The van der Waals surface area contributed by atoms with E-state index in [1.807, 2.05) is 45.0 Å². The van der Waals surface area contributed by atoms with E-state index in [9.17, 15) is 14.0 Å². The van der Waals surface area contributed by atoms with Gasteiger partial charge in [-0.3, -0.25) is 15.1 Å². The molecule has 0 radical (unpaired) electrons. The van der Waals surface area contributed by atoms with Gasteiger partial charge in [-0.2, -0.15) is 0 Å². The number of carbonyl (C=O) groups excluding carboxylic acids is 2. The van der Waals surface area contributed by atoms with Crippen LogP contribution >= 0.6 is 24.0 Å². The molecule has 0 spiro atoms. The summed E-state index contributed by atoms with van der Waals surface area (Å²) in [7, 11) is 1.61. The van der Waals surface area contributed by atoms with Crippen LogP contribution in [0.5, 0.6) is 0 Å². The van der Waals surface area contributed by atoms with Crippen LogP contribution in [0.1, 0.15) is 26.3 Å². The molecule has 4 N–H and O–H groups in total. The number of ether oxygens (including phenoxy) is 1. The minimum atomic E-state index is -0.553. The Kier molecular flexibility index (Phi) is 11.6. The first kappa shape index (κ1) is 28.1. The molecule has 2 aromatic carbocycles. The van der Waals surface area contributed by atoms with Gasteiger partial charge in [-0.1, -0.05) is 18.2 Å². The Morgan fingerprint density at radius 1 is 1.00 bits per heavy atom. The second kappa shape index (κ2) is 13.6. The van der Waals surface area contributed by atoms with E-state index < -0.39 is 17.5 Å². The van der Waals surface area contributed by atoms with Gasteiger partial charge in [0.05, 0.1) is 6.54 Å². The van der Waals surface area contributed by atoms with E-state index in [1.54, 1.807) is 13.1 Å². The number of hydrogen-bond acceptors (Lipinski definition) is 4. The fraction of sp³-hybridized carbons (Fsp3) is 0.348. The molecule has 0 bridgehead atoms. The van der Waals surface area contributed by atoms with Gasteiger partial charge in [-0.05, 0) is 63.1 Å². The first-order chi connectivity index (χ1) is 15.1. The molecule has 0 unspecified atom stereocenters. The maximum Gasteiger partial charge on any atom is 0.412 e. The highest BCUT2D eigenvalue weighted by molar-refractivity contribution is 14.0. The largest absolute Gasteiger partial charge is 0.444 e. The van der Waals surface area contributed by atoms with Crippen LogP contribution in [-0.2, 0) is 16.0 Å². The Morgan fingerprint density at radius 2 is 1.70 bits per heavy atom. The predicted molar refractivity (Wildman–Crippen MR) is 140 cm³/mol. The number of aliphatic imine (C=N–C) groups is 1. The monoisotopic (exact) mass is 571 g/mol. The molecule has 8 nitrogen and oxygen atoms in total. The molecule has 0 aliphatic heterocycles. The molecule has 2 amide bonds. The summed E-state index contributed by atoms with van der Waals surface area (Å²) in [6.07, 6.45) is 0.214. The Bertz CT molecular complexity index is 946. The Balaban J connectivity index is 0.00000544. The zero-order valence-corrected chi connectivity index (χ0v) is 21.5. The van der Waals surface area contributed by atoms with Crippen LogP contribution in [0.2, 0.25) is 0 Å². The minimum Gasteiger partial charge on any atom is -0.444 e. The van der Waals surface area contributed by atoms with E-state index in [0.29, 0.717) is 30.3 Å². The summed E-state index contributed by atoms with van der Waals surface area (Å²) in [6.45, 7) is 6.00. The number of halogens is 2. The molecule has 0 fully saturated rings. The van der Waals surface area contributed by atoms with E-state index in [1.165, 1.54) is 18.2 Å². The van der Waals surface area contributed by atoms with E-state index in [0.717, 1.165) is 5.56 Å². The third kappa shape index (κ3) is 11.5. The van der Waals surface area contributed by atoms with Crippen molar-refractivity contribution in [3.8, 4) is 0 Å². The number of anilines is 2. The molecule has 33 heavy (non-hydrogen) atoms. The Hall–Kier alpha value is -2.89. The lowest BCUT2D eigenvalue weighted by atomic mass is 10.1. The lowest BCUT2D eigenvalue weighted by molar-refractivity contribution is -0.115. The maximum absolute atomic E-state index is 13.2. The van der Waals surface area contributed by atoms with Crippen molar-refractivity contribution in [1.29, 1.82) is 0 Å². The Labute approximate surface area is 210 Å². The summed E-state index contributed by atoms with van der Waals surface area (Å²) in [6, 6.07) is 13.1. The van der Waals surface area contributed by atoms with E-state index in [2.05, 4.69) is 26.3 Å². The second-order valence-corrected chi connectivity index (χ2v) is 7.98. The molecule has 10 heteroatoms.